The molecule has 1 aromatic rings. The van der Waals surface area contributed by atoms with Gasteiger partial charge >= 0.3 is 0 Å². The van der Waals surface area contributed by atoms with Crippen molar-refractivity contribution < 1.29 is 9.59 Å². The highest BCUT2D eigenvalue weighted by molar-refractivity contribution is 6.46. The number of carbonyl (C=O) groups is 2. The van der Waals surface area contributed by atoms with Crippen LogP contribution in [0.5, 0.6) is 0 Å². The molecule has 0 atom stereocenters. The van der Waals surface area contributed by atoms with Crippen molar-refractivity contribution in [1.29, 1.82) is 0 Å². The molecule has 1 N–H and O–H groups in total. The molecule has 0 amide bonds. The van der Waals surface area contributed by atoms with E-state index in [4.69, 9.17) is 0 Å². The molecule has 0 fully saturated rings. The first-order valence-electron chi connectivity index (χ1n) is 4.76. The smallest absolute Gasteiger partial charge is 0.245 e. The number of carbonyl (C=O) groups excluding carboxylic acids is 2. The maximum Gasteiger partial charge on any atom is 0.245 e. The van der Waals surface area contributed by atoms with Crippen molar-refractivity contribution in [2.24, 2.45) is 0 Å². The van der Waals surface area contributed by atoms with Gasteiger partial charge in [0.05, 0.1) is 5.69 Å². The van der Waals surface area contributed by atoms with Gasteiger partial charge in [-0.25, -0.2) is 0 Å². The van der Waals surface area contributed by atoms with Crippen molar-refractivity contribution in [3.8, 4) is 0 Å². The largest absolute Gasteiger partial charge is 0.352 e. The van der Waals surface area contributed by atoms with Crippen LogP contribution in [-0.4, -0.2) is 16.6 Å². The molecule has 1 heterocycles. The standard InChI is InChI=1S/C11H9NO2/c13-9-5-7-6-3-1-2-4-8(6)12-10(7)11(9)14/h3-4,12H,1-2,5H2. The summed E-state index contributed by atoms with van der Waals surface area (Å²) in [5, 5.41) is 2.09. The molecule has 1 aromatic heterocycles. The van der Waals surface area contributed by atoms with Gasteiger partial charge < -0.3 is 4.98 Å². The van der Waals surface area contributed by atoms with Gasteiger partial charge in [0.2, 0.25) is 11.6 Å². The molecule has 3 rings (SSSR count). The van der Waals surface area contributed by atoms with Crippen molar-refractivity contribution in [2.45, 2.75) is 19.3 Å². The molecule has 0 saturated heterocycles. The number of H-pyrrole nitrogens is 1. The van der Waals surface area contributed by atoms with Crippen molar-refractivity contribution in [3.05, 3.63) is 21.8 Å². The van der Waals surface area contributed by atoms with Crippen LogP contribution in [0, 0.1) is 0 Å². The number of aromatic amines is 1. The van der Waals surface area contributed by atoms with E-state index in [0.717, 1.165) is 29.0 Å². The second-order valence-corrected chi connectivity index (χ2v) is 3.72. The number of hydrogen-bond acceptors (Lipinski definition) is 2. The molecule has 0 spiro atoms. The average molecular weight is 187 g/mol. The maximum atomic E-state index is 11.4. The molecule has 2 aliphatic rings. The van der Waals surface area contributed by atoms with Gasteiger partial charge in [-0.3, -0.25) is 9.59 Å². The topological polar surface area (TPSA) is 49.9 Å². The van der Waals surface area contributed by atoms with Crippen LogP contribution in [0.4, 0.5) is 0 Å². The first-order valence-corrected chi connectivity index (χ1v) is 4.76. The highest BCUT2D eigenvalue weighted by Gasteiger charge is 2.31. The van der Waals surface area contributed by atoms with Crippen LogP contribution in [-0.2, 0) is 11.2 Å². The Kier molecular flexibility index (Phi) is 1.35. The summed E-state index contributed by atoms with van der Waals surface area (Å²) < 4.78 is 0. The van der Waals surface area contributed by atoms with Gasteiger partial charge in [-0.15, -0.1) is 0 Å². The summed E-state index contributed by atoms with van der Waals surface area (Å²) in [5.74, 6) is -0.635. The van der Waals surface area contributed by atoms with Crippen molar-refractivity contribution in [1.82, 2.24) is 4.98 Å². The van der Waals surface area contributed by atoms with E-state index < -0.39 is 0 Å². The van der Waals surface area contributed by atoms with E-state index in [9.17, 15) is 9.59 Å². The summed E-state index contributed by atoms with van der Waals surface area (Å²) in [6, 6.07) is 0. The number of hydrogen-bond donors (Lipinski definition) is 1. The average Bonchev–Trinajstić information content (AvgIpc) is 2.67. The minimum Gasteiger partial charge on any atom is -0.352 e. The molecule has 0 unspecified atom stereocenters. The lowest BCUT2D eigenvalue weighted by atomic mass is 10.1. The van der Waals surface area contributed by atoms with Crippen molar-refractivity contribution in [3.63, 3.8) is 0 Å². The minimum absolute atomic E-state index is 0.282. The van der Waals surface area contributed by atoms with E-state index >= 15 is 0 Å². The molecule has 0 aliphatic heterocycles. The van der Waals surface area contributed by atoms with Gasteiger partial charge in [0.1, 0.15) is 0 Å². The Morgan fingerprint density at radius 1 is 1.14 bits per heavy atom. The fourth-order valence-corrected chi connectivity index (χ4v) is 2.18. The van der Waals surface area contributed by atoms with Crippen LogP contribution in [0.25, 0.3) is 12.2 Å². The number of aromatic nitrogens is 1. The number of Topliss-reactive ketones (excluding diaryl/α,β-unsaturated/α-hetero) is 2. The summed E-state index contributed by atoms with van der Waals surface area (Å²) >= 11 is 0. The summed E-state index contributed by atoms with van der Waals surface area (Å²) in [7, 11) is 0. The van der Waals surface area contributed by atoms with Crippen LogP contribution >= 0.6 is 0 Å². The number of ketones is 2. The zero-order valence-electron chi connectivity index (χ0n) is 7.59. The summed E-state index contributed by atoms with van der Waals surface area (Å²) in [4.78, 5) is 25.6. The van der Waals surface area contributed by atoms with E-state index in [1.54, 1.807) is 0 Å². The third kappa shape index (κ3) is 0.816. The molecule has 0 radical (unpaired) electrons. The highest BCUT2D eigenvalue weighted by Crippen LogP contribution is 2.13. The Morgan fingerprint density at radius 2 is 1.93 bits per heavy atom. The fraction of sp³-hybridized carbons (Fsp3) is 0.273. The molecule has 3 heteroatoms. The van der Waals surface area contributed by atoms with Gasteiger partial charge in [-0.05, 0) is 23.6 Å². The van der Waals surface area contributed by atoms with Gasteiger partial charge in [-0.1, -0.05) is 12.2 Å². The van der Waals surface area contributed by atoms with Crippen molar-refractivity contribution >= 4 is 23.7 Å². The van der Waals surface area contributed by atoms with Crippen LogP contribution in [0.3, 0.4) is 0 Å². The van der Waals surface area contributed by atoms with E-state index in [1.165, 1.54) is 0 Å². The predicted octanol–water partition coefficient (Wildman–Crippen LogP) is -0.323. The number of rotatable bonds is 0. The Balaban J connectivity index is 2.40. The second-order valence-electron chi connectivity index (χ2n) is 3.72. The Labute approximate surface area is 80.1 Å². The molecule has 0 saturated carbocycles. The molecule has 0 aromatic carbocycles. The Bertz CT molecular complexity index is 563. The quantitative estimate of drug-likeness (QED) is 0.566. The highest BCUT2D eigenvalue weighted by atomic mass is 16.2. The van der Waals surface area contributed by atoms with E-state index in [1.807, 2.05) is 0 Å². The second kappa shape index (κ2) is 2.44. The summed E-state index contributed by atoms with van der Waals surface area (Å²) in [5.41, 5.74) is 1.43. The van der Waals surface area contributed by atoms with Crippen LogP contribution in [0.2, 0.25) is 0 Å². The lowest BCUT2D eigenvalue weighted by molar-refractivity contribution is -0.114. The normalized spacial score (nSPS) is 18.6. The van der Waals surface area contributed by atoms with Gasteiger partial charge in [0.15, 0.2) is 0 Å². The zero-order valence-corrected chi connectivity index (χ0v) is 7.59. The maximum absolute atomic E-state index is 11.4. The minimum atomic E-state index is -0.351. The molecule has 14 heavy (non-hydrogen) atoms. The predicted molar refractivity (Wildman–Crippen MR) is 51.2 cm³/mol. The molecule has 2 aliphatic carbocycles. The van der Waals surface area contributed by atoms with Crippen LogP contribution in [0.15, 0.2) is 0 Å². The number of nitrogens with one attached hydrogen (secondary N) is 1. The molecule has 0 bridgehead atoms. The number of fused-ring (bicyclic) bond motifs is 3. The van der Waals surface area contributed by atoms with Gasteiger partial charge in [-0.2, -0.15) is 0 Å². The van der Waals surface area contributed by atoms with E-state index in [2.05, 4.69) is 17.1 Å². The third-order valence-electron chi connectivity index (χ3n) is 2.86. The SMILES string of the molecule is O=C1Cc2c([nH]c3c2=CCCC=3)C1=O. The van der Waals surface area contributed by atoms with Gasteiger partial charge in [0.25, 0.3) is 0 Å². The van der Waals surface area contributed by atoms with E-state index in [0.29, 0.717) is 5.69 Å². The van der Waals surface area contributed by atoms with Crippen LogP contribution in [0.1, 0.15) is 28.9 Å². The van der Waals surface area contributed by atoms with Crippen molar-refractivity contribution in [2.75, 3.05) is 0 Å². The zero-order chi connectivity index (χ0) is 9.71. The monoisotopic (exact) mass is 187 g/mol. The molecule has 3 nitrogen and oxygen atoms in total. The van der Waals surface area contributed by atoms with E-state index in [-0.39, 0.29) is 18.0 Å². The summed E-state index contributed by atoms with van der Waals surface area (Å²) in [6.07, 6.45) is 6.49. The summed E-state index contributed by atoms with van der Waals surface area (Å²) in [6.45, 7) is 0. The lowest BCUT2D eigenvalue weighted by Crippen LogP contribution is -2.28. The fourth-order valence-electron chi connectivity index (χ4n) is 2.18. The van der Waals surface area contributed by atoms with Gasteiger partial charge in [0, 0.05) is 11.8 Å². The molecule has 70 valence electrons. The molecular formula is C11H9NO2. The Morgan fingerprint density at radius 3 is 2.79 bits per heavy atom. The first kappa shape index (κ1) is 7.74. The van der Waals surface area contributed by atoms with Crippen LogP contribution < -0.4 is 10.6 Å². The molecular weight excluding hydrogens is 178 g/mol. The Hall–Kier alpha value is -1.64. The first-order chi connectivity index (χ1) is 6.77. The third-order valence-corrected chi connectivity index (χ3v) is 2.86. The lowest BCUT2D eigenvalue weighted by Gasteiger charge is -1.94.